The molecule has 36 heavy (non-hydrogen) atoms. The van der Waals surface area contributed by atoms with Crippen LogP contribution in [0.3, 0.4) is 0 Å². The van der Waals surface area contributed by atoms with E-state index in [-0.39, 0.29) is 16.8 Å². The second kappa shape index (κ2) is 9.56. The molecule has 1 aliphatic rings. The molecule has 0 N–H and O–H groups in total. The van der Waals surface area contributed by atoms with Crippen molar-refractivity contribution in [3.05, 3.63) is 88.9 Å². The van der Waals surface area contributed by atoms with E-state index >= 15 is 0 Å². The molecule has 0 aliphatic carbocycles. The van der Waals surface area contributed by atoms with Gasteiger partial charge in [-0.15, -0.1) is 0 Å². The Morgan fingerprint density at radius 2 is 1.75 bits per heavy atom. The van der Waals surface area contributed by atoms with Gasteiger partial charge in [0, 0.05) is 6.07 Å². The number of nitrogens with zero attached hydrogens (tertiary/aromatic N) is 3. The van der Waals surface area contributed by atoms with Gasteiger partial charge in [0.15, 0.2) is 23.3 Å². The highest BCUT2D eigenvalue weighted by Crippen LogP contribution is 2.42. The lowest BCUT2D eigenvalue weighted by Gasteiger charge is -2.39. The van der Waals surface area contributed by atoms with E-state index in [2.05, 4.69) is 16.6 Å². The quantitative estimate of drug-likeness (QED) is 0.423. The summed E-state index contributed by atoms with van der Waals surface area (Å²) in [5.74, 6) is -6.04. The fourth-order valence-corrected chi connectivity index (χ4v) is 3.63. The molecule has 1 unspecified atom stereocenters. The van der Waals surface area contributed by atoms with Gasteiger partial charge in [-0.05, 0) is 51.5 Å². The summed E-state index contributed by atoms with van der Waals surface area (Å²) in [5.41, 5.74) is -4.04. The number of hydrogen-bond acceptors (Lipinski definition) is 6. The molecular formula is C25H23F4N3O4. The zero-order valence-electron chi connectivity index (χ0n) is 20.2. The van der Waals surface area contributed by atoms with Gasteiger partial charge in [-0.25, -0.2) is 42.0 Å². The van der Waals surface area contributed by atoms with Crippen LogP contribution in [0.25, 0.3) is 0 Å². The third-order valence-electron chi connectivity index (χ3n) is 5.19. The molecule has 190 valence electrons. The number of aliphatic imine (C=N–C) groups is 1. The minimum atomic E-state index is -1.86. The Morgan fingerprint density at radius 3 is 2.28 bits per heavy atom. The van der Waals surface area contributed by atoms with Crippen LogP contribution in [0.4, 0.5) is 22.4 Å². The number of aromatic nitrogens is 1. The van der Waals surface area contributed by atoms with Crippen molar-refractivity contribution in [2.75, 3.05) is 7.11 Å². The van der Waals surface area contributed by atoms with Gasteiger partial charge in [0.1, 0.15) is 22.7 Å². The number of pyridine rings is 1. The first-order chi connectivity index (χ1) is 16.7. The van der Waals surface area contributed by atoms with Gasteiger partial charge < -0.3 is 9.47 Å². The Kier molecular flexibility index (Phi) is 7.06. The summed E-state index contributed by atoms with van der Waals surface area (Å²) in [6.45, 7) is 9.74. The first-order valence-corrected chi connectivity index (χ1v) is 10.6. The molecule has 0 fully saturated rings. The van der Waals surface area contributed by atoms with Crippen LogP contribution in [0.2, 0.25) is 0 Å². The molecule has 0 saturated heterocycles. The van der Waals surface area contributed by atoms with Crippen molar-refractivity contribution in [2.45, 2.75) is 38.8 Å². The summed E-state index contributed by atoms with van der Waals surface area (Å²) in [7, 11) is 1.07. The maximum atomic E-state index is 14.9. The molecule has 0 saturated carbocycles. The van der Waals surface area contributed by atoms with E-state index in [1.165, 1.54) is 13.0 Å². The highest BCUT2D eigenvalue weighted by atomic mass is 19.2. The molecule has 2 heterocycles. The lowest BCUT2D eigenvalue weighted by atomic mass is 9.81. The number of amides is 1. The van der Waals surface area contributed by atoms with Crippen LogP contribution in [0, 0.1) is 23.3 Å². The number of esters is 1. The molecule has 1 aromatic carbocycles. The maximum Gasteiger partial charge on any atom is 0.420 e. The number of hydrogen-bond donors (Lipinski definition) is 0. The zero-order chi connectivity index (χ0) is 27.0. The van der Waals surface area contributed by atoms with Gasteiger partial charge in [0.25, 0.3) is 0 Å². The van der Waals surface area contributed by atoms with Gasteiger partial charge in [-0.2, -0.15) is 0 Å². The molecule has 1 aliphatic heterocycles. The number of benzene rings is 1. The SMILES string of the molecule is C=CC1=C(C(=O)OC)C(C)(c2ccc(F)c(F)c2)N=C(c2ncc(F)cc2F)N1C(=O)OC(C)(C)C. The van der Waals surface area contributed by atoms with E-state index in [9.17, 15) is 27.2 Å². The lowest BCUT2D eigenvalue weighted by molar-refractivity contribution is -0.137. The summed E-state index contributed by atoms with van der Waals surface area (Å²) < 4.78 is 66.9. The fourth-order valence-electron chi connectivity index (χ4n) is 3.63. The molecule has 1 amide bonds. The Balaban J connectivity index is 2.44. The van der Waals surface area contributed by atoms with Crippen LogP contribution in [-0.4, -0.2) is 40.5 Å². The van der Waals surface area contributed by atoms with Crippen molar-refractivity contribution in [3.8, 4) is 0 Å². The second-order valence-electron chi connectivity index (χ2n) is 8.89. The summed E-state index contributed by atoms with van der Waals surface area (Å²) >= 11 is 0. The van der Waals surface area contributed by atoms with Crippen LogP contribution in [0.15, 0.2) is 59.4 Å². The number of methoxy groups -OCH3 is 1. The molecule has 0 bridgehead atoms. The molecule has 0 radical (unpaired) electrons. The molecule has 1 atom stereocenters. The predicted molar refractivity (Wildman–Crippen MR) is 122 cm³/mol. The fraction of sp³-hybridized carbons (Fsp3) is 0.280. The van der Waals surface area contributed by atoms with E-state index in [1.54, 1.807) is 20.8 Å². The van der Waals surface area contributed by atoms with Crippen molar-refractivity contribution >= 4 is 17.9 Å². The summed E-state index contributed by atoms with van der Waals surface area (Å²) in [6.07, 6.45) is 0.719. The van der Waals surface area contributed by atoms with Crippen molar-refractivity contribution in [1.82, 2.24) is 9.88 Å². The molecule has 0 spiro atoms. The standard InChI is InChI=1S/C25H23F4N3O4/c1-7-18-19(22(33)35-6)25(5,13-8-9-15(27)16(28)10-13)31-21(20-17(29)11-14(26)12-30-20)32(18)23(34)36-24(2,3)4/h7-12H,1H2,2-6H3. The predicted octanol–water partition coefficient (Wildman–Crippen LogP) is 5.16. The van der Waals surface area contributed by atoms with E-state index in [0.29, 0.717) is 12.3 Å². The largest absolute Gasteiger partial charge is 0.466 e. The van der Waals surface area contributed by atoms with Crippen molar-refractivity contribution in [1.29, 1.82) is 0 Å². The molecule has 2 aromatic rings. The molecule has 11 heteroatoms. The summed E-state index contributed by atoms with van der Waals surface area (Å²) in [4.78, 5) is 35.2. The van der Waals surface area contributed by atoms with Crippen molar-refractivity contribution in [2.24, 2.45) is 4.99 Å². The van der Waals surface area contributed by atoms with Crippen molar-refractivity contribution in [3.63, 3.8) is 0 Å². The number of carbonyl (C=O) groups excluding carboxylic acids is 2. The van der Waals surface area contributed by atoms with Gasteiger partial charge >= 0.3 is 12.1 Å². The van der Waals surface area contributed by atoms with Crippen LogP contribution >= 0.6 is 0 Å². The summed E-state index contributed by atoms with van der Waals surface area (Å²) in [6, 6.07) is 3.32. The monoisotopic (exact) mass is 505 g/mol. The Labute approximate surface area is 204 Å². The van der Waals surface area contributed by atoms with Crippen LogP contribution in [0.5, 0.6) is 0 Å². The van der Waals surface area contributed by atoms with Gasteiger partial charge in [-0.3, -0.25) is 0 Å². The number of halogens is 4. The third-order valence-corrected chi connectivity index (χ3v) is 5.19. The number of allylic oxidation sites excluding steroid dienone is 1. The minimum absolute atomic E-state index is 0.0370. The van der Waals surface area contributed by atoms with Crippen LogP contribution in [0.1, 0.15) is 39.0 Å². The average Bonchev–Trinajstić information content (AvgIpc) is 2.78. The van der Waals surface area contributed by atoms with Crippen LogP contribution < -0.4 is 0 Å². The molecule has 1 aromatic heterocycles. The average molecular weight is 505 g/mol. The number of carbonyl (C=O) groups is 2. The van der Waals surface area contributed by atoms with Gasteiger partial charge in [0.05, 0.1) is 24.6 Å². The number of amidine groups is 1. The first kappa shape index (κ1) is 26.6. The Bertz CT molecular complexity index is 1320. The zero-order valence-corrected chi connectivity index (χ0v) is 20.2. The maximum absolute atomic E-state index is 14.9. The normalized spacial score (nSPS) is 18.0. The molecule has 3 rings (SSSR count). The van der Waals surface area contributed by atoms with E-state index < -0.39 is 58.0 Å². The Hall–Kier alpha value is -4.02. The highest BCUT2D eigenvalue weighted by Gasteiger charge is 2.47. The van der Waals surface area contributed by atoms with Gasteiger partial charge in [-0.1, -0.05) is 12.6 Å². The van der Waals surface area contributed by atoms with E-state index in [4.69, 9.17) is 9.47 Å². The molecule has 7 nitrogen and oxygen atoms in total. The first-order valence-electron chi connectivity index (χ1n) is 10.6. The topological polar surface area (TPSA) is 81.1 Å². The number of ether oxygens (including phenoxy) is 2. The summed E-state index contributed by atoms with van der Waals surface area (Å²) in [5, 5.41) is 0. The lowest BCUT2D eigenvalue weighted by Crippen LogP contribution is -2.48. The van der Waals surface area contributed by atoms with E-state index in [0.717, 1.165) is 30.2 Å². The Morgan fingerprint density at radius 1 is 1.08 bits per heavy atom. The number of rotatable bonds is 4. The van der Waals surface area contributed by atoms with Crippen molar-refractivity contribution < 1.29 is 36.6 Å². The van der Waals surface area contributed by atoms with Gasteiger partial charge in [0.2, 0.25) is 0 Å². The second-order valence-corrected chi connectivity index (χ2v) is 8.89. The smallest absolute Gasteiger partial charge is 0.420 e. The highest BCUT2D eigenvalue weighted by molar-refractivity contribution is 6.10. The van der Waals surface area contributed by atoms with E-state index in [1.807, 2.05) is 0 Å². The molecular weight excluding hydrogens is 482 g/mol. The third kappa shape index (κ3) is 4.86. The minimum Gasteiger partial charge on any atom is -0.466 e. The van der Waals surface area contributed by atoms with Crippen LogP contribution in [-0.2, 0) is 19.8 Å².